The Kier molecular flexibility index (Phi) is 5.24. The van der Waals surface area contributed by atoms with Crippen LogP contribution in [0, 0.1) is 6.92 Å². The van der Waals surface area contributed by atoms with Gasteiger partial charge in [0.2, 0.25) is 0 Å². The molecule has 4 nitrogen and oxygen atoms in total. The van der Waals surface area contributed by atoms with Crippen LogP contribution >= 0.6 is 0 Å². The van der Waals surface area contributed by atoms with Crippen molar-refractivity contribution in [2.24, 2.45) is 0 Å². The summed E-state index contributed by atoms with van der Waals surface area (Å²) in [6.07, 6.45) is 0.463. The minimum atomic E-state index is -0.0926. The maximum absolute atomic E-state index is 12.4. The Hall–Kier alpha value is -1.39. The monoisotopic (exact) mass is 304 g/mol. The first kappa shape index (κ1) is 17.0. The van der Waals surface area contributed by atoms with Crippen molar-refractivity contribution in [3.05, 3.63) is 35.4 Å². The minimum absolute atomic E-state index is 0.000492. The van der Waals surface area contributed by atoms with Crippen molar-refractivity contribution in [3.63, 3.8) is 0 Å². The molecule has 1 N–H and O–H groups in total. The lowest BCUT2D eigenvalue weighted by atomic mass is 9.99. The predicted molar refractivity (Wildman–Crippen MR) is 89.2 cm³/mol. The van der Waals surface area contributed by atoms with E-state index >= 15 is 0 Å². The van der Waals surface area contributed by atoms with Crippen LogP contribution in [0.5, 0.6) is 0 Å². The summed E-state index contributed by atoms with van der Waals surface area (Å²) in [6, 6.07) is 7.69. The van der Waals surface area contributed by atoms with Gasteiger partial charge in [-0.2, -0.15) is 0 Å². The van der Waals surface area contributed by atoms with Crippen molar-refractivity contribution in [2.75, 3.05) is 19.6 Å². The zero-order chi connectivity index (χ0) is 16.3. The first-order chi connectivity index (χ1) is 10.3. The molecule has 0 saturated carbocycles. The van der Waals surface area contributed by atoms with E-state index in [4.69, 9.17) is 4.74 Å². The Labute approximate surface area is 133 Å². The average molecular weight is 304 g/mol. The number of carbonyl (C=O) groups excluding carboxylic acids is 1. The first-order valence-corrected chi connectivity index (χ1v) is 8.04. The minimum Gasteiger partial charge on any atom is -0.373 e. The molecule has 22 heavy (non-hydrogen) atoms. The van der Waals surface area contributed by atoms with E-state index in [0.717, 1.165) is 24.2 Å². The smallest absolute Gasteiger partial charge is 0.251 e. The highest BCUT2D eigenvalue weighted by atomic mass is 16.5. The average Bonchev–Trinajstić information content (AvgIpc) is 2.44. The first-order valence-electron chi connectivity index (χ1n) is 8.04. The molecule has 1 heterocycles. The molecule has 0 aliphatic carbocycles. The van der Waals surface area contributed by atoms with Gasteiger partial charge >= 0.3 is 0 Å². The van der Waals surface area contributed by atoms with Gasteiger partial charge in [-0.05, 0) is 46.2 Å². The highest BCUT2D eigenvalue weighted by molar-refractivity contribution is 5.95. The molecule has 1 aliphatic heterocycles. The largest absolute Gasteiger partial charge is 0.373 e. The van der Waals surface area contributed by atoms with Crippen molar-refractivity contribution < 1.29 is 9.53 Å². The van der Waals surface area contributed by atoms with Crippen LogP contribution in [0.3, 0.4) is 0 Å². The van der Waals surface area contributed by atoms with Gasteiger partial charge in [0, 0.05) is 30.7 Å². The summed E-state index contributed by atoms with van der Waals surface area (Å²) in [5, 5.41) is 3.09. The van der Waals surface area contributed by atoms with Gasteiger partial charge in [-0.25, -0.2) is 0 Å². The highest BCUT2D eigenvalue weighted by Gasteiger charge is 2.33. The Balaban J connectivity index is 1.97. The normalized spacial score (nSPS) is 23.3. The van der Waals surface area contributed by atoms with E-state index < -0.39 is 0 Å². The number of carbonyl (C=O) groups is 1. The number of benzene rings is 1. The lowest BCUT2D eigenvalue weighted by molar-refractivity contribution is -0.0948. The summed E-state index contributed by atoms with van der Waals surface area (Å²) in [7, 11) is 0. The van der Waals surface area contributed by atoms with Crippen LogP contribution in [0.15, 0.2) is 24.3 Å². The molecule has 1 fully saturated rings. The number of ether oxygens (including phenoxy) is 1. The molecule has 0 radical (unpaired) electrons. The zero-order valence-corrected chi connectivity index (χ0v) is 14.3. The maximum atomic E-state index is 12.4. The number of rotatable bonds is 4. The Morgan fingerprint density at radius 1 is 1.27 bits per heavy atom. The second kappa shape index (κ2) is 6.80. The van der Waals surface area contributed by atoms with Gasteiger partial charge in [0.15, 0.2) is 0 Å². The molecule has 122 valence electrons. The molecule has 1 aliphatic rings. The van der Waals surface area contributed by atoms with Crippen LogP contribution < -0.4 is 5.32 Å². The molecular weight excluding hydrogens is 276 g/mol. The SMILES string of the molecule is Cc1ccccc1C(=O)NCC(C)(C)N1CC(C)OC(C)C1. The summed E-state index contributed by atoms with van der Waals surface area (Å²) in [5.74, 6) is 0.000492. The van der Waals surface area contributed by atoms with Crippen LogP contribution in [0.2, 0.25) is 0 Å². The van der Waals surface area contributed by atoms with Crippen LogP contribution in [-0.4, -0.2) is 48.2 Å². The van der Waals surface area contributed by atoms with Gasteiger partial charge in [0.1, 0.15) is 0 Å². The van der Waals surface area contributed by atoms with Gasteiger partial charge in [0.25, 0.3) is 5.91 Å². The third kappa shape index (κ3) is 4.08. The summed E-state index contributed by atoms with van der Waals surface area (Å²) in [4.78, 5) is 14.8. The van der Waals surface area contributed by atoms with E-state index in [9.17, 15) is 4.79 Å². The second-order valence-electron chi connectivity index (χ2n) is 6.97. The van der Waals surface area contributed by atoms with Crippen LogP contribution in [-0.2, 0) is 4.74 Å². The van der Waals surface area contributed by atoms with E-state index in [0.29, 0.717) is 6.54 Å². The third-order valence-corrected chi connectivity index (χ3v) is 4.35. The molecule has 1 aromatic carbocycles. The summed E-state index contributed by atoms with van der Waals surface area (Å²) >= 11 is 0. The molecule has 2 rings (SSSR count). The quantitative estimate of drug-likeness (QED) is 0.929. The van der Waals surface area contributed by atoms with Crippen LogP contribution in [0.4, 0.5) is 0 Å². The Bertz CT molecular complexity index is 518. The number of nitrogens with zero attached hydrogens (tertiary/aromatic N) is 1. The number of nitrogens with one attached hydrogen (secondary N) is 1. The number of hydrogen-bond donors (Lipinski definition) is 1. The van der Waals surface area contributed by atoms with Gasteiger partial charge in [-0.3, -0.25) is 9.69 Å². The number of amides is 1. The summed E-state index contributed by atoms with van der Waals surface area (Å²) < 4.78 is 5.79. The lowest BCUT2D eigenvalue weighted by Crippen LogP contribution is -2.58. The fourth-order valence-electron chi connectivity index (χ4n) is 3.00. The Morgan fingerprint density at radius 2 is 1.86 bits per heavy atom. The number of hydrogen-bond acceptors (Lipinski definition) is 3. The van der Waals surface area contributed by atoms with Gasteiger partial charge < -0.3 is 10.1 Å². The van der Waals surface area contributed by atoms with E-state index in [-0.39, 0.29) is 23.7 Å². The molecule has 1 saturated heterocycles. The molecule has 1 amide bonds. The van der Waals surface area contributed by atoms with Crippen molar-refractivity contribution in [3.8, 4) is 0 Å². The third-order valence-electron chi connectivity index (χ3n) is 4.35. The van der Waals surface area contributed by atoms with Crippen LogP contribution in [0.1, 0.15) is 43.6 Å². The topological polar surface area (TPSA) is 41.6 Å². The molecule has 2 atom stereocenters. The van der Waals surface area contributed by atoms with Gasteiger partial charge in [-0.15, -0.1) is 0 Å². The number of morpholine rings is 1. The van der Waals surface area contributed by atoms with Gasteiger partial charge in [-0.1, -0.05) is 18.2 Å². The van der Waals surface area contributed by atoms with Gasteiger partial charge in [0.05, 0.1) is 12.2 Å². The zero-order valence-electron chi connectivity index (χ0n) is 14.3. The van der Waals surface area contributed by atoms with Crippen molar-refractivity contribution in [2.45, 2.75) is 52.4 Å². The molecule has 0 bridgehead atoms. The molecular formula is C18H28N2O2. The fourth-order valence-corrected chi connectivity index (χ4v) is 3.00. The standard InChI is InChI=1S/C18H28N2O2/c1-13-8-6-7-9-16(13)17(21)19-12-18(4,5)20-10-14(2)22-15(3)11-20/h6-9,14-15H,10-12H2,1-5H3,(H,19,21). The fraction of sp³-hybridized carbons (Fsp3) is 0.611. The van der Waals surface area contributed by atoms with E-state index in [2.05, 4.69) is 37.9 Å². The second-order valence-corrected chi connectivity index (χ2v) is 6.97. The molecule has 0 spiro atoms. The molecule has 2 unspecified atom stereocenters. The predicted octanol–water partition coefficient (Wildman–Crippen LogP) is 2.61. The molecule has 1 aromatic rings. The van der Waals surface area contributed by atoms with E-state index in [1.165, 1.54) is 0 Å². The summed E-state index contributed by atoms with van der Waals surface area (Å²) in [6.45, 7) is 12.9. The van der Waals surface area contributed by atoms with E-state index in [1.54, 1.807) is 0 Å². The number of aryl methyl sites for hydroxylation is 1. The molecule has 0 aromatic heterocycles. The van der Waals surface area contributed by atoms with Crippen molar-refractivity contribution >= 4 is 5.91 Å². The summed E-state index contributed by atoms with van der Waals surface area (Å²) in [5.41, 5.74) is 1.67. The highest BCUT2D eigenvalue weighted by Crippen LogP contribution is 2.21. The Morgan fingerprint density at radius 3 is 2.45 bits per heavy atom. The lowest BCUT2D eigenvalue weighted by Gasteiger charge is -2.45. The van der Waals surface area contributed by atoms with Crippen molar-refractivity contribution in [1.82, 2.24) is 10.2 Å². The van der Waals surface area contributed by atoms with Crippen molar-refractivity contribution in [1.29, 1.82) is 0 Å². The molecule has 4 heteroatoms. The van der Waals surface area contributed by atoms with E-state index in [1.807, 2.05) is 31.2 Å². The maximum Gasteiger partial charge on any atom is 0.251 e. The van der Waals surface area contributed by atoms with Crippen LogP contribution in [0.25, 0.3) is 0 Å².